The Morgan fingerprint density at radius 3 is 2.29 bits per heavy atom. The number of aromatic nitrogens is 3. The zero-order valence-corrected chi connectivity index (χ0v) is 18.8. The van der Waals surface area contributed by atoms with Crippen LogP contribution in [0, 0.1) is 0 Å². The number of carbonyl (C=O) groups excluding carboxylic acids is 2. The lowest BCUT2D eigenvalue weighted by Gasteiger charge is -2.10. The van der Waals surface area contributed by atoms with Gasteiger partial charge in [0.25, 0.3) is 5.91 Å². The number of hydrazine groups is 1. The van der Waals surface area contributed by atoms with Crippen molar-refractivity contribution in [1.29, 1.82) is 0 Å². The molecule has 0 aliphatic carbocycles. The number of nitrogens with one attached hydrogen (secondary N) is 2. The van der Waals surface area contributed by atoms with E-state index in [9.17, 15) is 9.59 Å². The number of halogens is 2. The van der Waals surface area contributed by atoms with E-state index in [-0.39, 0.29) is 11.7 Å². The van der Waals surface area contributed by atoms with Crippen molar-refractivity contribution in [2.24, 2.45) is 0 Å². The van der Waals surface area contributed by atoms with Crippen LogP contribution >= 0.6 is 35.0 Å². The van der Waals surface area contributed by atoms with Crippen molar-refractivity contribution in [3.05, 3.63) is 64.1 Å². The maximum absolute atomic E-state index is 12.2. The highest BCUT2D eigenvalue weighted by molar-refractivity contribution is 7.99. The summed E-state index contributed by atoms with van der Waals surface area (Å²) in [7, 11) is 1.61. The molecule has 0 saturated carbocycles. The van der Waals surface area contributed by atoms with Crippen molar-refractivity contribution in [2.75, 3.05) is 19.5 Å². The molecule has 0 unspecified atom stereocenters. The van der Waals surface area contributed by atoms with Gasteiger partial charge in [0.05, 0.1) is 18.9 Å². The molecule has 0 aliphatic heterocycles. The second-order valence-corrected chi connectivity index (χ2v) is 8.07. The third-order valence-electron chi connectivity index (χ3n) is 4.09. The van der Waals surface area contributed by atoms with Gasteiger partial charge in [0.2, 0.25) is 5.91 Å². The highest BCUT2D eigenvalue weighted by atomic mass is 35.5. The number of carbonyl (C=O) groups is 2. The maximum atomic E-state index is 12.2. The molecule has 0 spiro atoms. The highest BCUT2D eigenvalue weighted by Crippen LogP contribution is 2.25. The molecule has 2 aromatic carbocycles. The summed E-state index contributed by atoms with van der Waals surface area (Å²) in [4.78, 5) is 24.2. The SMILES string of the molecule is COCCn1c(SCC(=O)NNC(=O)c2ccc(Cl)cc2)nnc1-c1ccc(Cl)cc1. The minimum Gasteiger partial charge on any atom is -0.383 e. The van der Waals surface area contributed by atoms with Gasteiger partial charge in [-0.15, -0.1) is 10.2 Å². The minimum atomic E-state index is -0.441. The molecule has 2 amide bonds. The molecule has 1 heterocycles. The lowest BCUT2D eigenvalue weighted by Crippen LogP contribution is -2.42. The number of methoxy groups -OCH3 is 1. The zero-order chi connectivity index (χ0) is 22.2. The van der Waals surface area contributed by atoms with E-state index in [2.05, 4.69) is 21.0 Å². The second-order valence-electron chi connectivity index (χ2n) is 6.26. The van der Waals surface area contributed by atoms with Gasteiger partial charge in [0, 0.05) is 28.3 Å². The third kappa shape index (κ3) is 6.44. The first kappa shape index (κ1) is 23.1. The standard InChI is InChI=1S/C20H19Cl2N5O3S/c1-30-11-10-27-18(13-2-6-15(21)7-3-13)24-26-20(27)31-12-17(28)23-25-19(29)14-4-8-16(22)9-5-14/h2-9H,10-12H2,1H3,(H,23,28)(H,25,29). The molecule has 11 heteroatoms. The molecular weight excluding hydrogens is 461 g/mol. The number of nitrogens with zero attached hydrogens (tertiary/aromatic N) is 3. The molecule has 31 heavy (non-hydrogen) atoms. The normalized spacial score (nSPS) is 10.7. The quantitative estimate of drug-likeness (QED) is 0.379. The topological polar surface area (TPSA) is 98.1 Å². The highest BCUT2D eigenvalue weighted by Gasteiger charge is 2.16. The van der Waals surface area contributed by atoms with Gasteiger partial charge in [-0.3, -0.25) is 25.0 Å². The van der Waals surface area contributed by atoms with E-state index in [1.54, 1.807) is 43.5 Å². The van der Waals surface area contributed by atoms with Gasteiger partial charge in [-0.25, -0.2) is 0 Å². The average molecular weight is 480 g/mol. The van der Waals surface area contributed by atoms with E-state index in [0.29, 0.717) is 39.7 Å². The summed E-state index contributed by atoms with van der Waals surface area (Å²) in [6.07, 6.45) is 0. The summed E-state index contributed by atoms with van der Waals surface area (Å²) in [5, 5.41) is 10.1. The van der Waals surface area contributed by atoms with Crippen LogP contribution in [0.15, 0.2) is 53.7 Å². The number of rotatable bonds is 8. The molecule has 0 saturated heterocycles. The first-order valence-electron chi connectivity index (χ1n) is 9.13. The Kier molecular flexibility index (Phi) is 8.30. The first-order valence-corrected chi connectivity index (χ1v) is 10.9. The minimum absolute atomic E-state index is 0.0344. The Bertz CT molecular complexity index is 1040. The van der Waals surface area contributed by atoms with Crippen LogP contribution in [0.2, 0.25) is 10.0 Å². The van der Waals surface area contributed by atoms with Gasteiger partial charge < -0.3 is 4.74 Å². The Morgan fingerprint density at radius 1 is 1.00 bits per heavy atom. The molecule has 3 aromatic rings. The maximum Gasteiger partial charge on any atom is 0.269 e. The van der Waals surface area contributed by atoms with Crippen molar-refractivity contribution >= 4 is 46.8 Å². The van der Waals surface area contributed by atoms with Crippen molar-refractivity contribution < 1.29 is 14.3 Å². The van der Waals surface area contributed by atoms with Gasteiger partial charge in [0.15, 0.2) is 11.0 Å². The molecule has 8 nitrogen and oxygen atoms in total. The number of hydrogen-bond acceptors (Lipinski definition) is 6. The van der Waals surface area contributed by atoms with Crippen molar-refractivity contribution in [2.45, 2.75) is 11.7 Å². The summed E-state index contributed by atoms with van der Waals surface area (Å²) in [5.41, 5.74) is 5.98. The average Bonchev–Trinajstić information content (AvgIpc) is 3.18. The summed E-state index contributed by atoms with van der Waals surface area (Å²) in [6.45, 7) is 0.967. The van der Waals surface area contributed by atoms with E-state index in [0.717, 1.165) is 5.56 Å². The first-order chi connectivity index (χ1) is 15.0. The Hall–Kier alpha value is -2.59. The van der Waals surface area contributed by atoms with E-state index in [4.69, 9.17) is 27.9 Å². The van der Waals surface area contributed by atoms with E-state index >= 15 is 0 Å². The second kappa shape index (κ2) is 11.1. The summed E-state index contributed by atoms with van der Waals surface area (Å²) in [6, 6.07) is 13.6. The number of amides is 2. The molecule has 2 N–H and O–H groups in total. The van der Waals surface area contributed by atoms with E-state index in [1.807, 2.05) is 16.7 Å². The molecule has 0 bridgehead atoms. The molecule has 3 rings (SSSR count). The fourth-order valence-electron chi connectivity index (χ4n) is 2.56. The fraction of sp³-hybridized carbons (Fsp3) is 0.200. The van der Waals surface area contributed by atoms with Crippen molar-refractivity contribution in [1.82, 2.24) is 25.6 Å². The van der Waals surface area contributed by atoms with E-state index < -0.39 is 5.91 Å². The lowest BCUT2D eigenvalue weighted by atomic mass is 10.2. The monoisotopic (exact) mass is 479 g/mol. The van der Waals surface area contributed by atoms with Crippen LogP contribution in [0.1, 0.15) is 10.4 Å². The van der Waals surface area contributed by atoms with Crippen LogP contribution in [0.25, 0.3) is 11.4 Å². The summed E-state index contributed by atoms with van der Waals surface area (Å²) < 4.78 is 7.05. The molecule has 0 aliphatic rings. The van der Waals surface area contributed by atoms with Gasteiger partial charge in [-0.2, -0.15) is 0 Å². The molecule has 0 atom stereocenters. The van der Waals surface area contributed by atoms with Gasteiger partial charge in [-0.1, -0.05) is 35.0 Å². The summed E-state index contributed by atoms with van der Waals surface area (Å²) >= 11 is 13.0. The van der Waals surface area contributed by atoms with Crippen LogP contribution in [0.5, 0.6) is 0 Å². The van der Waals surface area contributed by atoms with Crippen LogP contribution in [0.4, 0.5) is 0 Å². The Morgan fingerprint density at radius 2 is 1.65 bits per heavy atom. The molecule has 0 fully saturated rings. The largest absolute Gasteiger partial charge is 0.383 e. The number of ether oxygens (including phenoxy) is 1. The van der Waals surface area contributed by atoms with Crippen LogP contribution in [0.3, 0.4) is 0 Å². The predicted molar refractivity (Wildman–Crippen MR) is 120 cm³/mol. The fourth-order valence-corrected chi connectivity index (χ4v) is 3.57. The van der Waals surface area contributed by atoms with Crippen molar-refractivity contribution in [3.63, 3.8) is 0 Å². The Balaban J connectivity index is 1.61. The number of hydrogen-bond donors (Lipinski definition) is 2. The van der Waals surface area contributed by atoms with Crippen molar-refractivity contribution in [3.8, 4) is 11.4 Å². The predicted octanol–water partition coefficient (Wildman–Crippen LogP) is 3.45. The van der Waals surface area contributed by atoms with Gasteiger partial charge in [-0.05, 0) is 48.5 Å². The van der Waals surface area contributed by atoms with Gasteiger partial charge in [0.1, 0.15) is 0 Å². The molecule has 1 aromatic heterocycles. The Labute approximate surface area is 193 Å². The summed E-state index contributed by atoms with van der Waals surface area (Å²) in [5.74, 6) is -0.148. The smallest absolute Gasteiger partial charge is 0.269 e. The van der Waals surface area contributed by atoms with Crippen LogP contribution in [-0.2, 0) is 16.1 Å². The third-order valence-corrected chi connectivity index (χ3v) is 5.56. The molecule has 162 valence electrons. The molecular formula is C20H19Cl2N5O3S. The van der Waals surface area contributed by atoms with Gasteiger partial charge >= 0.3 is 0 Å². The number of thioether (sulfide) groups is 1. The number of benzene rings is 2. The molecule has 0 radical (unpaired) electrons. The lowest BCUT2D eigenvalue weighted by molar-refractivity contribution is -0.119. The van der Waals surface area contributed by atoms with Crippen LogP contribution < -0.4 is 10.9 Å². The zero-order valence-electron chi connectivity index (χ0n) is 16.5. The van der Waals surface area contributed by atoms with E-state index in [1.165, 1.54) is 11.8 Å². The van der Waals surface area contributed by atoms with Crippen LogP contribution in [-0.4, -0.2) is 46.0 Å².